The second kappa shape index (κ2) is 19.2. The lowest BCUT2D eigenvalue weighted by Gasteiger charge is -1.99. The fraction of sp³-hybridized carbons (Fsp3) is 1.00. The zero-order valence-electron chi connectivity index (χ0n) is 12.1. The Morgan fingerprint density at radius 1 is 0.722 bits per heavy atom. The highest BCUT2D eigenvalue weighted by Gasteiger charge is 1.93. The first-order chi connectivity index (χ1) is 8.68. The molecule has 0 amide bonds. The van der Waals surface area contributed by atoms with Crippen LogP contribution in [0.25, 0.3) is 0 Å². The second-order valence-electron chi connectivity index (χ2n) is 4.68. The summed E-state index contributed by atoms with van der Waals surface area (Å²) < 4.78 is 0. The van der Waals surface area contributed by atoms with Gasteiger partial charge in [0.2, 0.25) is 0 Å². The van der Waals surface area contributed by atoms with Crippen molar-refractivity contribution in [1.29, 1.82) is 0 Å². The van der Waals surface area contributed by atoms with Gasteiger partial charge < -0.3 is 21.7 Å². The fourth-order valence-corrected chi connectivity index (χ4v) is 1.57. The van der Waals surface area contributed by atoms with Crippen LogP contribution < -0.4 is 11.5 Å². The molecule has 0 aliphatic carbocycles. The number of rotatable bonds is 11. The van der Waals surface area contributed by atoms with E-state index >= 15 is 0 Å². The monoisotopic (exact) mass is 262 g/mol. The molecule has 0 aliphatic heterocycles. The third-order valence-corrected chi connectivity index (χ3v) is 2.72. The summed E-state index contributed by atoms with van der Waals surface area (Å²) in [5, 5.41) is 16.7. The molecule has 0 atom stereocenters. The maximum absolute atomic E-state index is 8.33. The summed E-state index contributed by atoms with van der Waals surface area (Å²) in [6.07, 6.45) is 10.2. The molecule has 0 aromatic rings. The van der Waals surface area contributed by atoms with Gasteiger partial charge in [0.25, 0.3) is 0 Å². The summed E-state index contributed by atoms with van der Waals surface area (Å²) in [5.74, 6) is 0. The Balaban J connectivity index is 0. The molecular weight excluding hydrogens is 228 g/mol. The minimum absolute atomic E-state index is 0.522. The maximum Gasteiger partial charge on any atom is 0.151 e. The predicted molar refractivity (Wildman–Crippen MR) is 78.2 cm³/mol. The molecule has 0 aliphatic rings. The molecule has 4 heteroatoms. The first kappa shape index (κ1) is 20.2. The molecule has 112 valence electrons. The van der Waals surface area contributed by atoms with Crippen molar-refractivity contribution in [2.24, 2.45) is 11.5 Å². The Labute approximate surface area is 113 Å². The zero-order chi connectivity index (χ0) is 14.1. The SMILES string of the molecule is CCCCCC(O)O.NCCCCCCCCN. The standard InChI is InChI=1S/C8H20N2.C6H14O2/c9-7-5-3-1-2-4-6-8-10;1-2-3-4-5-6(7)8/h1-10H2;6-8H,2-5H2,1H3. The van der Waals surface area contributed by atoms with Gasteiger partial charge in [-0.25, -0.2) is 0 Å². The molecule has 0 saturated carbocycles. The molecule has 0 spiro atoms. The van der Waals surface area contributed by atoms with E-state index in [1.54, 1.807) is 0 Å². The first-order valence-corrected chi connectivity index (χ1v) is 7.45. The third kappa shape index (κ3) is 24.9. The smallest absolute Gasteiger partial charge is 0.151 e. The second-order valence-corrected chi connectivity index (χ2v) is 4.68. The number of aliphatic hydroxyl groups excluding tert-OH is 1. The van der Waals surface area contributed by atoms with Crippen LogP contribution in [-0.2, 0) is 0 Å². The van der Waals surface area contributed by atoms with Crippen LogP contribution in [0.3, 0.4) is 0 Å². The van der Waals surface area contributed by atoms with Crippen molar-refractivity contribution >= 4 is 0 Å². The van der Waals surface area contributed by atoms with E-state index in [1.165, 1.54) is 38.5 Å². The Morgan fingerprint density at radius 3 is 1.50 bits per heavy atom. The molecule has 0 saturated heterocycles. The summed E-state index contributed by atoms with van der Waals surface area (Å²) in [7, 11) is 0. The summed E-state index contributed by atoms with van der Waals surface area (Å²) in [6.45, 7) is 3.78. The van der Waals surface area contributed by atoms with Crippen molar-refractivity contribution < 1.29 is 10.2 Å². The highest BCUT2D eigenvalue weighted by atomic mass is 16.5. The highest BCUT2D eigenvalue weighted by Crippen LogP contribution is 2.03. The average Bonchev–Trinajstić information content (AvgIpc) is 2.34. The third-order valence-electron chi connectivity index (χ3n) is 2.72. The molecule has 0 unspecified atom stereocenters. The van der Waals surface area contributed by atoms with Gasteiger partial charge in [-0.2, -0.15) is 0 Å². The van der Waals surface area contributed by atoms with Crippen molar-refractivity contribution in [1.82, 2.24) is 0 Å². The van der Waals surface area contributed by atoms with Crippen LogP contribution in [0.2, 0.25) is 0 Å². The van der Waals surface area contributed by atoms with Gasteiger partial charge in [0.05, 0.1) is 0 Å². The first-order valence-electron chi connectivity index (χ1n) is 7.45. The molecule has 0 bridgehead atoms. The van der Waals surface area contributed by atoms with E-state index in [-0.39, 0.29) is 0 Å². The van der Waals surface area contributed by atoms with Crippen LogP contribution in [0.4, 0.5) is 0 Å². The summed E-state index contributed by atoms with van der Waals surface area (Å²) in [4.78, 5) is 0. The zero-order valence-corrected chi connectivity index (χ0v) is 12.1. The van der Waals surface area contributed by atoms with E-state index in [0.29, 0.717) is 6.42 Å². The van der Waals surface area contributed by atoms with Crippen molar-refractivity contribution in [3.63, 3.8) is 0 Å². The Kier molecular flexibility index (Phi) is 21.5. The van der Waals surface area contributed by atoms with Crippen LogP contribution in [0, 0.1) is 0 Å². The topological polar surface area (TPSA) is 92.5 Å². The van der Waals surface area contributed by atoms with E-state index in [1.807, 2.05) is 0 Å². The molecule has 0 radical (unpaired) electrons. The van der Waals surface area contributed by atoms with E-state index in [4.69, 9.17) is 21.7 Å². The molecule has 4 nitrogen and oxygen atoms in total. The minimum atomic E-state index is -1.10. The number of nitrogens with two attached hydrogens (primary N) is 2. The van der Waals surface area contributed by atoms with Crippen LogP contribution in [0.15, 0.2) is 0 Å². The molecule has 0 aromatic heterocycles. The minimum Gasteiger partial charge on any atom is -0.368 e. The van der Waals surface area contributed by atoms with Crippen LogP contribution >= 0.6 is 0 Å². The van der Waals surface area contributed by atoms with E-state index in [2.05, 4.69) is 6.92 Å². The number of hydrogen-bond donors (Lipinski definition) is 4. The lowest BCUT2D eigenvalue weighted by Crippen LogP contribution is -2.02. The van der Waals surface area contributed by atoms with Gasteiger partial charge in [-0.15, -0.1) is 0 Å². The maximum atomic E-state index is 8.33. The normalized spacial score (nSPS) is 10.3. The van der Waals surface area contributed by atoms with Gasteiger partial charge in [0.1, 0.15) is 0 Å². The average molecular weight is 262 g/mol. The number of aliphatic hydroxyl groups is 2. The quantitative estimate of drug-likeness (QED) is 0.339. The summed E-state index contributed by atoms with van der Waals surface area (Å²) in [6, 6.07) is 0. The van der Waals surface area contributed by atoms with Crippen molar-refractivity contribution in [2.75, 3.05) is 13.1 Å². The van der Waals surface area contributed by atoms with Crippen molar-refractivity contribution in [2.45, 2.75) is 77.4 Å². The Bertz CT molecular complexity index is 125. The van der Waals surface area contributed by atoms with Crippen LogP contribution in [-0.4, -0.2) is 29.6 Å². The summed E-state index contributed by atoms with van der Waals surface area (Å²) in [5.41, 5.74) is 10.7. The lowest BCUT2D eigenvalue weighted by molar-refractivity contribution is -0.0465. The molecule has 18 heavy (non-hydrogen) atoms. The van der Waals surface area contributed by atoms with Gasteiger partial charge in [-0.1, -0.05) is 45.4 Å². The van der Waals surface area contributed by atoms with E-state index < -0.39 is 6.29 Å². The summed E-state index contributed by atoms with van der Waals surface area (Å²) >= 11 is 0. The fourth-order valence-electron chi connectivity index (χ4n) is 1.57. The molecule has 6 N–H and O–H groups in total. The largest absolute Gasteiger partial charge is 0.368 e. The molecular formula is C14H34N2O2. The molecule has 0 rings (SSSR count). The number of hydrogen-bond acceptors (Lipinski definition) is 4. The Hall–Kier alpha value is -0.160. The van der Waals surface area contributed by atoms with Crippen molar-refractivity contribution in [3.8, 4) is 0 Å². The predicted octanol–water partition coefficient (Wildman–Crippen LogP) is 2.12. The lowest BCUT2D eigenvalue weighted by atomic mass is 10.1. The van der Waals surface area contributed by atoms with Gasteiger partial charge in [0.15, 0.2) is 6.29 Å². The van der Waals surface area contributed by atoms with Crippen LogP contribution in [0.1, 0.15) is 71.1 Å². The van der Waals surface area contributed by atoms with Crippen LogP contribution in [0.5, 0.6) is 0 Å². The molecule has 0 fully saturated rings. The van der Waals surface area contributed by atoms with Gasteiger partial charge in [-0.05, 0) is 38.8 Å². The highest BCUT2D eigenvalue weighted by molar-refractivity contribution is 4.45. The Morgan fingerprint density at radius 2 is 1.17 bits per heavy atom. The van der Waals surface area contributed by atoms with Gasteiger partial charge in [-0.3, -0.25) is 0 Å². The van der Waals surface area contributed by atoms with Gasteiger partial charge >= 0.3 is 0 Å². The molecule has 0 heterocycles. The van der Waals surface area contributed by atoms with E-state index in [0.717, 1.165) is 32.4 Å². The van der Waals surface area contributed by atoms with Gasteiger partial charge in [0, 0.05) is 0 Å². The number of unbranched alkanes of at least 4 members (excludes halogenated alkanes) is 7. The van der Waals surface area contributed by atoms with E-state index in [9.17, 15) is 0 Å². The molecule has 0 aromatic carbocycles. The van der Waals surface area contributed by atoms with Crippen molar-refractivity contribution in [3.05, 3.63) is 0 Å².